The molecular weight excluding hydrogens is 452 g/mol. The first kappa shape index (κ1) is 22.5. The van der Waals surface area contributed by atoms with E-state index in [4.69, 9.17) is 0 Å². The van der Waals surface area contributed by atoms with Gasteiger partial charge in [-0.1, -0.05) is 6.58 Å². The first-order valence-corrected chi connectivity index (χ1v) is 11.5. The Bertz CT molecular complexity index is 1160. The Morgan fingerprint density at radius 2 is 1.03 bits per heavy atom. The molecule has 0 aromatic heterocycles. The summed E-state index contributed by atoms with van der Waals surface area (Å²) in [4.78, 5) is 19.7. The number of hydrogen-bond donors (Lipinski definition) is 0. The fraction of sp³-hybridized carbons (Fsp3) is 0.176. The van der Waals surface area contributed by atoms with Crippen LogP contribution in [0.2, 0.25) is 0 Å². The normalized spacial score (nSPS) is 16.2. The number of hydrogen-bond acceptors (Lipinski definition) is 8. The molecule has 1 fully saturated rings. The zero-order valence-corrected chi connectivity index (χ0v) is 17.5. The van der Waals surface area contributed by atoms with Gasteiger partial charge in [-0.3, -0.25) is 20.2 Å². The van der Waals surface area contributed by atoms with Crippen molar-refractivity contribution < 1.29 is 26.7 Å². The first-order chi connectivity index (χ1) is 14.4. The zero-order chi connectivity index (χ0) is 23.0. The van der Waals surface area contributed by atoms with Gasteiger partial charge in [0.05, 0.1) is 26.3 Å². The third-order valence-electron chi connectivity index (χ3n) is 4.49. The zero-order valence-electron chi connectivity index (χ0n) is 15.8. The van der Waals surface area contributed by atoms with Gasteiger partial charge in [0.1, 0.15) is 0 Å². The van der Waals surface area contributed by atoms with Gasteiger partial charge in [0.15, 0.2) is 0 Å². The molecule has 0 bridgehead atoms. The maximum absolute atomic E-state index is 13.0. The molecule has 0 unspecified atom stereocenters. The van der Waals surface area contributed by atoms with Crippen molar-refractivity contribution in [3.05, 3.63) is 80.9 Å². The lowest BCUT2D eigenvalue weighted by molar-refractivity contribution is -0.385. The van der Waals surface area contributed by atoms with Crippen molar-refractivity contribution in [1.82, 2.24) is 8.61 Å². The van der Waals surface area contributed by atoms with Crippen LogP contribution in [0.25, 0.3) is 0 Å². The summed E-state index contributed by atoms with van der Waals surface area (Å²) in [5.41, 5.74) is -0.268. The monoisotopic (exact) mass is 468 g/mol. The van der Waals surface area contributed by atoms with Gasteiger partial charge in [0, 0.05) is 37.4 Å². The highest BCUT2D eigenvalue weighted by molar-refractivity contribution is 7.90. The Morgan fingerprint density at radius 1 is 0.710 bits per heavy atom. The van der Waals surface area contributed by atoms with Gasteiger partial charge in [0.2, 0.25) is 20.0 Å². The molecule has 14 heteroatoms. The van der Waals surface area contributed by atoms with Crippen LogP contribution >= 0.6 is 0 Å². The van der Waals surface area contributed by atoms with Crippen LogP contribution in [-0.4, -0.2) is 55.1 Å². The standard InChI is InChI=1S/C17H16N4O8S2/c1-13-10-18(30(26,27)16-6-2-14(3-7-16)20(22)23)12-19(11-13)31(28,29)17-8-4-15(5-9-17)21(24)25/h2-9H,1,10-12H2. The minimum absolute atomic E-state index is 0.133. The lowest BCUT2D eigenvalue weighted by Gasteiger charge is -2.35. The molecule has 164 valence electrons. The van der Waals surface area contributed by atoms with Gasteiger partial charge in [-0.25, -0.2) is 16.8 Å². The van der Waals surface area contributed by atoms with Crippen LogP contribution in [0.15, 0.2) is 70.5 Å². The second-order valence-corrected chi connectivity index (χ2v) is 10.5. The molecule has 1 aliphatic heterocycles. The molecule has 1 saturated heterocycles. The van der Waals surface area contributed by atoms with Gasteiger partial charge >= 0.3 is 0 Å². The minimum Gasteiger partial charge on any atom is -0.258 e. The van der Waals surface area contributed by atoms with Crippen molar-refractivity contribution in [1.29, 1.82) is 0 Å². The summed E-state index contributed by atoms with van der Waals surface area (Å²) in [5.74, 6) is 0. The lowest BCUT2D eigenvalue weighted by atomic mass is 10.3. The predicted molar refractivity (Wildman–Crippen MR) is 108 cm³/mol. The molecule has 1 heterocycles. The highest BCUT2D eigenvalue weighted by Gasteiger charge is 2.36. The Hall–Kier alpha value is -3.20. The molecule has 0 spiro atoms. The fourth-order valence-corrected chi connectivity index (χ4v) is 5.84. The number of rotatable bonds is 6. The van der Waals surface area contributed by atoms with Gasteiger partial charge < -0.3 is 0 Å². The summed E-state index contributed by atoms with van der Waals surface area (Å²) < 4.78 is 53.6. The summed E-state index contributed by atoms with van der Waals surface area (Å²) in [6.45, 7) is 2.93. The Balaban J connectivity index is 1.90. The average Bonchev–Trinajstić information content (AvgIpc) is 2.73. The van der Waals surface area contributed by atoms with Crippen LogP contribution in [0.4, 0.5) is 11.4 Å². The number of nitro groups is 2. The van der Waals surface area contributed by atoms with E-state index in [1.807, 2.05) is 0 Å². The van der Waals surface area contributed by atoms with E-state index in [9.17, 15) is 37.1 Å². The smallest absolute Gasteiger partial charge is 0.258 e. The van der Waals surface area contributed by atoms with E-state index >= 15 is 0 Å². The Kier molecular flexibility index (Phi) is 5.91. The lowest BCUT2D eigenvalue weighted by Crippen LogP contribution is -2.50. The van der Waals surface area contributed by atoms with Crippen LogP contribution < -0.4 is 0 Å². The number of sulfonamides is 2. The highest BCUT2D eigenvalue weighted by Crippen LogP contribution is 2.27. The summed E-state index contributed by atoms with van der Waals surface area (Å²) in [5, 5.41) is 21.6. The number of non-ortho nitro benzene ring substituents is 2. The highest BCUT2D eigenvalue weighted by atomic mass is 32.2. The summed E-state index contributed by atoms with van der Waals surface area (Å²) in [6, 6.07) is 8.43. The number of nitrogens with zero attached hydrogens (tertiary/aromatic N) is 4. The van der Waals surface area contributed by atoms with Crippen LogP contribution in [0.3, 0.4) is 0 Å². The van der Waals surface area contributed by atoms with Crippen molar-refractivity contribution in [2.75, 3.05) is 19.8 Å². The molecule has 2 aromatic carbocycles. The third kappa shape index (κ3) is 4.46. The van der Waals surface area contributed by atoms with E-state index in [0.29, 0.717) is 5.57 Å². The van der Waals surface area contributed by atoms with E-state index in [1.54, 1.807) is 0 Å². The summed E-state index contributed by atoms with van der Waals surface area (Å²) >= 11 is 0. The molecule has 1 aliphatic rings. The van der Waals surface area contributed by atoms with Gasteiger partial charge in [-0.05, 0) is 29.8 Å². The SMILES string of the molecule is C=C1CN(S(=O)(=O)c2ccc([N+](=O)[O-])cc2)CN(S(=O)(=O)c2ccc([N+](=O)[O-])cc2)C1. The first-order valence-electron chi connectivity index (χ1n) is 8.59. The molecule has 31 heavy (non-hydrogen) atoms. The molecule has 0 amide bonds. The average molecular weight is 468 g/mol. The van der Waals surface area contributed by atoms with E-state index in [2.05, 4.69) is 6.58 Å². The van der Waals surface area contributed by atoms with Gasteiger partial charge in [-0.15, -0.1) is 0 Å². The molecule has 0 N–H and O–H groups in total. The van der Waals surface area contributed by atoms with Crippen molar-refractivity contribution in [2.24, 2.45) is 0 Å². The molecule has 12 nitrogen and oxygen atoms in total. The maximum atomic E-state index is 13.0. The summed E-state index contributed by atoms with van der Waals surface area (Å²) in [6.07, 6.45) is 0. The quantitative estimate of drug-likeness (QED) is 0.352. The van der Waals surface area contributed by atoms with E-state index in [-0.39, 0.29) is 34.3 Å². The summed E-state index contributed by atoms with van der Waals surface area (Å²) in [7, 11) is -8.35. The van der Waals surface area contributed by atoms with Crippen LogP contribution in [0.1, 0.15) is 0 Å². The Morgan fingerprint density at radius 3 is 1.32 bits per heavy atom. The topological polar surface area (TPSA) is 161 Å². The third-order valence-corrected chi connectivity index (χ3v) is 8.07. The van der Waals surface area contributed by atoms with Crippen molar-refractivity contribution in [2.45, 2.75) is 9.79 Å². The second-order valence-electron chi connectivity index (χ2n) is 6.62. The fourth-order valence-electron chi connectivity index (χ4n) is 2.92. The molecule has 2 aromatic rings. The van der Waals surface area contributed by atoms with Gasteiger partial charge in [0.25, 0.3) is 11.4 Å². The molecule has 0 radical (unpaired) electrons. The molecule has 0 aliphatic carbocycles. The van der Waals surface area contributed by atoms with E-state index in [0.717, 1.165) is 57.1 Å². The number of benzene rings is 2. The van der Waals surface area contributed by atoms with Crippen molar-refractivity contribution in [3.63, 3.8) is 0 Å². The number of nitro benzene ring substituents is 2. The van der Waals surface area contributed by atoms with Crippen LogP contribution in [0.5, 0.6) is 0 Å². The van der Waals surface area contributed by atoms with Crippen LogP contribution in [0, 0.1) is 20.2 Å². The second kappa shape index (κ2) is 8.14. The predicted octanol–water partition coefficient (Wildman–Crippen LogP) is 1.71. The van der Waals surface area contributed by atoms with Crippen LogP contribution in [-0.2, 0) is 20.0 Å². The van der Waals surface area contributed by atoms with Crippen molar-refractivity contribution >= 4 is 31.4 Å². The minimum atomic E-state index is -4.18. The maximum Gasteiger partial charge on any atom is 0.269 e. The van der Waals surface area contributed by atoms with E-state index in [1.165, 1.54) is 0 Å². The molecular formula is C17H16N4O8S2. The van der Waals surface area contributed by atoms with Crippen molar-refractivity contribution in [3.8, 4) is 0 Å². The molecule has 0 saturated carbocycles. The molecule has 3 rings (SSSR count). The molecule has 0 atom stereocenters. The Labute approximate surface area is 177 Å². The van der Waals surface area contributed by atoms with Gasteiger partial charge in [-0.2, -0.15) is 8.61 Å². The van der Waals surface area contributed by atoms with E-state index < -0.39 is 36.6 Å². The largest absolute Gasteiger partial charge is 0.269 e.